The highest BCUT2D eigenvalue weighted by atomic mass is 15.4. The van der Waals surface area contributed by atoms with Crippen LogP contribution in [0.4, 0.5) is 23.1 Å². The maximum atomic E-state index is 9.41. The van der Waals surface area contributed by atoms with Crippen LogP contribution in [0.1, 0.15) is 24.0 Å². The fraction of sp³-hybridized carbons (Fsp3) is 0.316. The molecule has 4 heterocycles. The smallest absolute Gasteiger partial charge is 0.252 e. The molecule has 1 aliphatic heterocycles. The Morgan fingerprint density at radius 3 is 2.62 bits per heavy atom. The lowest BCUT2D eigenvalue weighted by Gasteiger charge is -2.19. The highest BCUT2D eigenvalue weighted by molar-refractivity contribution is 5.68. The molecule has 0 saturated carbocycles. The molecule has 1 fully saturated rings. The molecule has 10 heteroatoms. The van der Waals surface area contributed by atoms with Crippen LogP contribution >= 0.6 is 0 Å². The average Bonchev–Trinajstić information content (AvgIpc) is 3.43. The van der Waals surface area contributed by atoms with Crippen LogP contribution in [0.3, 0.4) is 0 Å². The molecule has 1 aliphatic rings. The Kier molecular flexibility index (Phi) is 5.11. The maximum Gasteiger partial charge on any atom is 0.252 e. The maximum absolute atomic E-state index is 9.41. The van der Waals surface area contributed by atoms with Crippen LogP contribution in [0, 0.1) is 18.3 Å². The van der Waals surface area contributed by atoms with E-state index in [0.717, 1.165) is 24.5 Å². The van der Waals surface area contributed by atoms with Crippen molar-refractivity contribution < 1.29 is 0 Å². The standard InChI is InChI=1S/C19H20N10/c1-13-10-15(28-8-3-4-9-28)25-17(21-2)16(13)26-27-18-14(11-20)12-24-29(18)19-22-6-5-7-23-19/h5-7,10,12H,3-4,8-9H2,1-2H3,(H,21,25)/b27-26+. The normalized spacial score (nSPS) is 13.8. The molecule has 0 aromatic carbocycles. The minimum absolute atomic E-state index is 0.267. The molecule has 146 valence electrons. The second-order valence-electron chi connectivity index (χ2n) is 6.59. The van der Waals surface area contributed by atoms with E-state index in [9.17, 15) is 5.26 Å². The number of hydrogen-bond acceptors (Lipinski definition) is 9. The van der Waals surface area contributed by atoms with Crippen molar-refractivity contribution in [2.24, 2.45) is 10.2 Å². The van der Waals surface area contributed by atoms with Crippen molar-refractivity contribution in [3.05, 3.63) is 41.9 Å². The van der Waals surface area contributed by atoms with Crippen LogP contribution in [0.2, 0.25) is 0 Å². The SMILES string of the molecule is CNc1nc(N2CCCC2)cc(C)c1/N=N/c1c(C#N)cnn1-c1ncccn1. The lowest BCUT2D eigenvalue weighted by Crippen LogP contribution is -2.19. The number of pyridine rings is 1. The molecule has 0 unspecified atom stereocenters. The summed E-state index contributed by atoms with van der Waals surface area (Å²) in [7, 11) is 1.80. The van der Waals surface area contributed by atoms with Crippen molar-refractivity contribution in [2.75, 3.05) is 30.4 Å². The Labute approximate surface area is 168 Å². The summed E-state index contributed by atoms with van der Waals surface area (Å²) in [6.45, 7) is 4.00. The molecule has 1 N–H and O–H groups in total. The van der Waals surface area contributed by atoms with Crippen molar-refractivity contribution >= 4 is 23.1 Å². The molecule has 1 saturated heterocycles. The Balaban J connectivity index is 1.73. The van der Waals surface area contributed by atoms with E-state index in [4.69, 9.17) is 4.98 Å². The number of nitrogens with zero attached hydrogens (tertiary/aromatic N) is 9. The number of nitriles is 1. The first-order valence-electron chi connectivity index (χ1n) is 9.33. The van der Waals surface area contributed by atoms with Gasteiger partial charge >= 0.3 is 0 Å². The molecule has 29 heavy (non-hydrogen) atoms. The summed E-state index contributed by atoms with van der Waals surface area (Å²) in [6.07, 6.45) is 6.98. The summed E-state index contributed by atoms with van der Waals surface area (Å²) >= 11 is 0. The van der Waals surface area contributed by atoms with Crippen LogP contribution in [-0.4, -0.2) is 44.9 Å². The zero-order valence-corrected chi connectivity index (χ0v) is 16.2. The van der Waals surface area contributed by atoms with E-state index >= 15 is 0 Å². The van der Waals surface area contributed by atoms with Gasteiger partial charge in [0.2, 0.25) is 0 Å². The molecule has 0 atom stereocenters. The number of aromatic nitrogens is 5. The van der Waals surface area contributed by atoms with E-state index in [1.54, 1.807) is 25.5 Å². The van der Waals surface area contributed by atoms with Gasteiger partial charge in [0.1, 0.15) is 23.1 Å². The first-order valence-corrected chi connectivity index (χ1v) is 9.33. The van der Waals surface area contributed by atoms with Crippen molar-refractivity contribution in [3.8, 4) is 12.0 Å². The van der Waals surface area contributed by atoms with Crippen LogP contribution in [-0.2, 0) is 0 Å². The zero-order chi connectivity index (χ0) is 20.2. The third-order valence-corrected chi connectivity index (χ3v) is 4.69. The molecule has 10 nitrogen and oxygen atoms in total. The van der Waals surface area contributed by atoms with Gasteiger partial charge in [0, 0.05) is 32.5 Å². The van der Waals surface area contributed by atoms with Gasteiger partial charge in [-0.25, -0.2) is 15.0 Å². The molecule has 0 aliphatic carbocycles. The predicted molar refractivity (Wildman–Crippen MR) is 108 cm³/mol. The van der Waals surface area contributed by atoms with Crippen molar-refractivity contribution in [1.82, 2.24) is 24.7 Å². The van der Waals surface area contributed by atoms with Gasteiger partial charge in [-0.2, -0.15) is 15.0 Å². The number of anilines is 2. The lowest BCUT2D eigenvalue weighted by atomic mass is 10.2. The summed E-state index contributed by atoms with van der Waals surface area (Å²) in [5.41, 5.74) is 1.84. The van der Waals surface area contributed by atoms with Crippen molar-refractivity contribution in [3.63, 3.8) is 0 Å². The molecule has 0 radical (unpaired) electrons. The van der Waals surface area contributed by atoms with Crippen LogP contribution < -0.4 is 10.2 Å². The molecular weight excluding hydrogens is 368 g/mol. The third kappa shape index (κ3) is 3.62. The molecular formula is C19H20N10. The van der Waals surface area contributed by atoms with Gasteiger partial charge in [-0.1, -0.05) is 0 Å². The fourth-order valence-corrected chi connectivity index (χ4v) is 3.22. The molecule has 0 bridgehead atoms. The lowest BCUT2D eigenvalue weighted by molar-refractivity contribution is 0.803. The van der Waals surface area contributed by atoms with E-state index < -0.39 is 0 Å². The second-order valence-corrected chi connectivity index (χ2v) is 6.59. The van der Waals surface area contributed by atoms with E-state index in [1.165, 1.54) is 23.7 Å². The number of azo groups is 1. The fourth-order valence-electron chi connectivity index (χ4n) is 3.22. The van der Waals surface area contributed by atoms with Gasteiger partial charge in [0.05, 0.1) is 6.20 Å². The first-order chi connectivity index (χ1) is 14.2. The highest BCUT2D eigenvalue weighted by Gasteiger charge is 2.18. The zero-order valence-electron chi connectivity index (χ0n) is 16.2. The Morgan fingerprint density at radius 1 is 1.17 bits per heavy atom. The van der Waals surface area contributed by atoms with Gasteiger partial charge < -0.3 is 10.2 Å². The summed E-state index contributed by atoms with van der Waals surface area (Å²) in [5, 5.41) is 25.4. The first kappa shape index (κ1) is 18.5. The Hall–Kier alpha value is -3.87. The van der Waals surface area contributed by atoms with Gasteiger partial charge in [-0.3, -0.25) is 0 Å². The number of aryl methyl sites for hydroxylation is 1. The van der Waals surface area contributed by atoms with Gasteiger partial charge in [-0.05, 0) is 37.5 Å². The predicted octanol–water partition coefficient (Wildman–Crippen LogP) is 3.29. The summed E-state index contributed by atoms with van der Waals surface area (Å²) in [5.74, 6) is 2.15. The number of nitrogens with one attached hydrogen (secondary N) is 1. The van der Waals surface area contributed by atoms with Crippen LogP contribution in [0.5, 0.6) is 0 Å². The van der Waals surface area contributed by atoms with Gasteiger partial charge in [0.15, 0.2) is 11.6 Å². The summed E-state index contributed by atoms with van der Waals surface area (Å²) in [4.78, 5) is 15.3. The topological polar surface area (TPSA) is 120 Å². The minimum Gasteiger partial charge on any atom is -0.371 e. The van der Waals surface area contributed by atoms with Gasteiger partial charge in [-0.15, -0.1) is 10.2 Å². The molecule has 0 spiro atoms. The second kappa shape index (κ2) is 8.02. The summed E-state index contributed by atoms with van der Waals surface area (Å²) < 4.78 is 1.39. The number of rotatable bonds is 5. The van der Waals surface area contributed by atoms with E-state index in [-0.39, 0.29) is 11.4 Å². The van der Waals surface area contributed by atoms with Crippen molar-refractivity contribution in [1.29, 1.82) is 5.26 Å². The van der Waals surface area contributed by atoms with E-state index in [0.29, 0.717) is 17.5 Å². The van der Waals surface area contributed by atoms with E-state index in [2.05, 4.69) is 41.6 Å². The number of hydrogen-bond donors (Lipinski definition) is 1. The molecule has 4 rings (SSSR count). The van der Waals surface area contributed by atoms with Crippen molar-refractivity contribution in [2.45, 2.75) is 19.8 Å². The molecule has 0 amide bonds. The minimum atomic E-state index is 0.267. The average molecular weight is 388 g/mol. The van der Waals surface area contributed by atoms with Crippen LogP contribution in [0.15, 0.2) is 41.0 Å². The quantitative estimate of drug-likeness (QED) is 0.666. The van der Waals surface area contributed by atoms with E-state index in [1.807, 2.05) is 13.0 Å². The Morgan fingerprint density at radius 2 is 1.93 bits per heavy atom. The Bertz CT molecular complexity index is 1070. The monoisotopic (exact) mass is 388 g/mol. The third-order valence-electron chi connectivity index (χ3n) is 4.69. The molecule has 3 aromatic heterocycles. The largest absolute Gasteiger partial charge is 0.371 e. The summed E-state index contributed by atoms with van der Waals surface area (Å²) in [6, 6.07) is 5.80. The molecule has 3 aromatic rings. The highest BCUT2D eigenvalue weighted by Crippen LogP contribution is 2.33. The van der Waals surface area contributed by atoms with Crippen LogP contribution in [0.25, 0.3) is 5.95 Å². The van der Waals surface area contributed by atoms with Gasteiger partial charge in [0.25, 0.3) is 5.95 Å².